The maximum atomic E-state index is 4.32. The van der Waals surface area contributed by atoms with Crippen LogP contribution < -0.4 is 10.2 Å². The van der Waals surface area contributed by atoms with Crippen LogP contribution in [0.3, 0.4) is 0 Å². The number of rotatable bonds is 3. The number of aromatic nitrogens is 2. The Hall–Kier alpha value is -1.16. The van der Waals surface area contributed by atoms with Crippen LogP contribution in [0, 0.1) is 0 Å². The van der Waals surface area contributed by atoms with Gasteiger partial charge in [0, 0.05) is 25.7 Å². The first-order valence-corrected chi connectivity index (χ1v) is 6.11. The molecule has 0 bridgehead atoms. The molecule has 0 saturated carbocycles. The van der Waals surface area contributed by atoms with E-state index < -0.39 is 0 Å². The molecule has 1 unspecified atom stereocenters. The lowest BCUT2D eigenvalue weighted by Gasteiger charge is -2.34. The zero-order valence-electron chi connectivity index (χ0n) is 10.1. The Morgan fingerprint density at radius 1 is 1.44 bits per heavy atom. The molecule has 2 heterocycles. The van der Waals surface area contributed by atoms with Crippen molar-refractivity contribution in [1.82, 2.24) is 15.5 Å². The van der Waals surface area contributed by atoms with Crippen LogP contribution in [0.5, 0.6) is 0 Å². The van der Waals surface area contributed by atoms with E-state index >= 15 is 0 Å². The first-order valence-electron chi connectivity index (χ1n) is 6.11. The predicted octanol–water partition coefficient (Wildman–Crippen LogP) is 1.23. The van der Waals surface area contributed by atoms with E-state index in [2.05, 4.69) is 46.4 Å². The molecule has 1 aliphatic heterocycles. The standard InChI is InChI=1S/C12H20N4/c1-3-4-11-5-6-12(15-14-11)16-8-7-13-9-10(16)2/h5-6,10,13H,3-4,7-9H2,1-2H3. The fourth-order valence-electron chi connectivity index (χ4n) is 2.08. The van der Waals surface area contributed by atoms with Gasteiger partial charge in [0.2, 0.25) is 0 Å². The number of piperazine rings is 1. The van der Waals surface area contributed by atoms with Crippen LogP contribution in [0.4, 0.5) is 5.82 Å². The molecule has 4 nitrogen and oxygen atoms in total. The van der Waals surface area contributed by atoms with E-state index in [1.807, 2.05) is 0 Å². The van der Waals surface area contributed by atoms with Crippen LogP contribution in [-0.2, 0) is 6.42 Å². The molecule has 1 saturated heterocycles. The molecule has 0 amide bonds. The topological polar surface area (TPSA) is 41.0 Å². The Kier molecular flexibility index (Phi) is 3.72. The van der Waals surface area contributed by atoms with E-state index in [1.54, 1.807) is 0 Å². The number of aryl methyl sites for hydroxylation is 1. The summed E-state index contributed by atoms with van der Waals surface area (Å²) in [5.41, 5.74) is 1.09. The van der Waals surface area contributed by atoms with E-state index in [-0.39, 0.29) is 0 Å². The molecule has 16 heavy (non-hydrogen) atoms. The summed E-state index contributed by atoms with van der Waals surface area (Å²) in [6.07, 6.45) is 2.14. The molecule has 1 aromatic heterocycles. The predicted molar refractivity (Wildman–Crippen MR) is 65.7 cm³/mol. The van der Waals surface area contributed by atoms with Gasteiger partial charge in [0.05, 0.1) is 5.69 Å². The number of nitrogens with one attached hydrogen (secondary N) is 1. The zero-order valence-corrected chi connectivity index (χ0v) is 10.1. The van der Waals surface area contributed by atoms with Crippen molar-refractivity contribution in [1.29, 1.82) is 0 Å². The average molecular weight is 220 g/mol. The summed E-state index contributed by atoms with van der Waals surface area (Å²) in [7, 11) is 0. The highest BCUT2D eigenvalue weighted by atomic mass is 15.3. The highest BCUT2D eigenvalue weighted by molar-refractivity contribution is 5.39. The number of hydrogen-bond donors (Lipinski definition) is 1. The van der Waals surface area contributed by atoms with Crippen LogP contribution in [0.1, 0.15) is 26.0 Å². The first-order chi connectivity index (χ1) is 7.81. The first kappa shape index (κ1) is 11.3. The molecule has 0 spiro atoms. The highest BCUT2D eigenvalue weighted by Gasteiger charge is 2.19. The minimum absolute atomic E-state index is 0.500. The summed E-state index contributed by atoms with van der Waals surface area (Å²) >= 11 is 0. The van der Waals surface area contributed by atoms with Gasteiger partial charge in [0.25, 0.3) is 0 Å². The van der Waals surface area contributed by atoms with Gasteiger partial charge in [-0.15, -0.1) is 5.10 Å². The lowest BCUT2D eigenvalue weighted by Crippen LogP contribution is -2.50. The number of hydrogen-bond acceptors (Lipinski definition) is 4. The third kappa shape index (κ3) is 2.50. The van der Waals surface area contributed by atoms with Crippen LogP contribution in [-0.4, -0.2) is 35.9 Å². The molecule has 1 N–H and O–H groups in total. The summed E-state index contributed by atoms with van der Waals surface area (Å²) in [5.74, 6) is 1.01. The van der Waals surface area contributed by atoms with Crippen LogP contribution in [0.15, 0.2) is 12.1 Å². The van der Waals surface area contributed by atoms with Gasteiger partial charge in [-0.25, -0.2) is 0 Å². The lowest BCUT2D eigenvalue weighted by molar-refractivity contribution is 0.495. The van der Waals surface area contributed by atoms with Crippen molar-refractivity contribution in [2.75, 3.05) is 24.5 Å². The average Bonchev–Trinajstić information content (AvgIpc) is 2.31. The Bertz CT molecular complexity index is 322. The van der Waals surface area contributed by atoms with Gasteiger partial charge in [-0.2, -0.15) is 5.10 Å². The molecule has 0 aromatic carbocycles. The van der Waals surface area contributed by atoms with Gasteiger partial charge >= 0.3 is 0 Å². The normalized spacial score (nSPS) is 21.1. The van der Waals surface area contributed by atoms with E-state index in [0.29, 0.717) is 6.04 Å². The fraction of sp³-hybridized carbons (Fsp3) is 0.667. The Morgan fingerprint density at radius 2 is 2.31 bits per heavy atom. The quantitative estimate of drug-likeness (QED) is 0.832. The maximum absolute atomic E-state index is 4.32. The fourth-order valence-corrected chi connectivity index (χ4v) is 2.08. The SMILES string of the molecule is CCCc1ccc(N2CCNCC2C)nn1. The van der Waals surface area contributed by atoms with Gasteiger partial charge in [0.15, 0.2) is 5.82 Å². The molecule has 0 aliphatic carbocycles. The number of nitrogens with zero attached hydrogens (tertiary/aromatic N) is 3. The van der Waals surface area contributed by atoms with Gasteiger partial charge in [0.1, 0.15) is 0 Å². The second-order valence-electron chi connectivity index (χ2n) is 4.38. The summed E-state index contributed by atoms with van der Waals surface area (Å²) < 4.78 is 0. The third-order valence-corrected chi connectivity index (χ3v) is 3.01. The minimum Gasteiger partial charge on any atom is -0.350 e. The van der Waals surface area contributed by atoms with E-state index in [9.17, 15) is 0 Å². The van der Waals surface area contributed by atoms with Gasteiger partial charge in [-0.1, -0.05) is 13.3 Å². The minimum atomic E-state index is 0.500. The maximum Gasteiger partial charge on any atom is 0.151 e. The van der Waals surface area contributed by atoms with Crippen LogP contribution >= 0.6 is 0 Å². The zero-order chi connectivity index (χ0) is 11.4. The molecule has 1 atom stereocenters. The Morgan fingerprint density at radius 3 is 2.94 bits per heavy atom. The summed E-state index contributed by atoms with van der Waals surface area (Å²) in [6, 6.07) is 4.69. The molecular weight excluding hydrogens is 200 g/mol. The van der Waals surface area contributed by atoms with E-state index in [1.165, 1.54) is 0 Å². The summed E-state index contributed by atoms with van der Waals surface area (Å²) in [6.45, 7) is 7.45. The third-order valence-electron chi connectivity index (χ3n) is 3.01. The molecule has 0 radical (unpaired) electrons. The lowest BCUT2D eigenvalue weighted by atomic mass is 10.2. The van der Waals surface area contributed by atoms with Crippen molar-refractivity contribution < 1.29 is 0 Å². The van der Waals surface area contributed by atoms with Gasteiger partial charge < -0.3 is 10.2 Å². The molecule has 1 aromatic rings. The van der Waals surface area contributed by atoms with E-state index in [0.717, 1.165) is 44.0 Å². The number of anilines is 1. The second kappa shape index (κ2) is 5.25. The molecule has 1 fully saturated rings. The van der Waals surface area contributed by atoms with Crippen molar-refractivity contribution in [3.63, 3.8) is 0 Å². The Labute approximate surface area is 97.1 Å². The Balaban J connectivity index is 2.08. The van der Waals surface area contributed by atoms with Crippen molar-refractivity contribution in [2.24, 2.45) is 0 Å². The van der Waals surface area contributed by atoms with Crippen molar-refractivity contribution in [3.8, 4) is 0 Å². The summed E-state index contributed by atoms with van der Waals surface area (Å²) in [4.78, 5) is 2.32. The molecule has 1 aliphatic rings. The van der Waals surface area contributed by atoms with Crippen LogP contribution in [0.25, 0.3) is 0 Å². The van der Waals surface area contributed by atoms with Gasteiger partial charge in [-0.3, -0.25) is 0 Å². The molecule has 2 rings (SSSR count). The smallest absolute Gasteiger partial charge is 0.151 e. The molecule has 88 valence electrons. The monoisotopic (exact) mass is 220 g/mol. The van der Waals surface area contributed by atoms with E-state index in [4.69, 9.17) is 0 Å². The largest absolute Gasteiger partial charge is 0.350 e. The second-order valence-corrected chi connectivity index (χ2v) is 4.38. The van der Waals surface area contributed by atoms with Crippen LogP contribution in [0.2, 0.25) is 0 Å². The molecular formula is C12H20N4. The summed E-state index contributed by atoms with van der Waals surface area (Å²) in [5, 5.41) is 12.0. The van der Waals surface area contributed by atoms with Crippen molar-refractivity contribution in [2.45, 2.75) is 32.7 Å². The van der Waals surface area contributed by atoms with Gasteiger partial charge in [-0.05, 0) is 25.5 Å². The van der Waals surface area contributed by atoms with Crippen molar-refractivity contribution in [3.05, 3.63) is 17.8 Å². The highest BCUT2D eigenvalue weighted by Crippen LogP contribution is 2.14. The molecule has 4 heteroatoms. The van der Waals surface area contributed by atoms with Crippen molar-refractivity contribution >= 4 is 5.82 Å².